The van der Waals surface area contributed by atoms with Crippen LogP contribution in [0.15, 0.2) is 24.3 Å². The van der Waals surface area contributed by atoms with E-state index in [9.17, 15) is 9.90 Å². The van der Waals surface area contributed by atoms with Crippen molar-refractivity contribution in [3.63, 3.8) is 0 Å². The summed E-state index contributed by atoms with van der Waals surface area (Å²) in [6, 6.07) is 7.33. The molecule has 1 unspecified atom stereocenters. The molecule has 1 fully saturated rings. The molecule has 17 heavy (non-hydrogen) atoms. The van der Waals surface area contributed by atoms with E-state index in [-0.39, 0.29) is 12.0 Å². The summed E-state index contributed by atoms with van der Waals surface area (Å²) in [5.74, 6) is 0.0611. The minimum Gasteiger partial charge on any atom is -0.391 e. The van der Waals surface area contributed by atoms with Gasteiger partial charge in [0.1, 0.15) is 0 Å². The predicted octanol–water partition coefficient (Wildman–Crippen LogP) is 1.87. The SMILES string of the molecule is O=C(Cc1cccc(Cl)c1)N1CCCC(O)C1. The van der Waals surface area contributed by atoms with E-state index in [2.05, 4.69) is 0 Å². The Morgan fingerprint density at radius 3 is 3.06 bits per heavy atom. The van der Waals surface area contributed by atoms with Crippen LogP contribution in [0.3, 0.4) is 0 Å². The number of carbonyl (C=O) groups is 1. The van der Waals surface area contributed by atoms with Crippen molar-refractivity contribution in [2.75, 3.05) is 13.1 Å². The second-order valence-electron chi connectivity index (χ2n) is 4.44. The number of aliphatic hydroxyl groups excluding tert-OH is 1. The van der Waals surface area contributed by atoms with Crippen LogP contribution in [0, 0.1) is 0 Å². The molecule has 0 saturated carbocycles. The van der Waals surface area contributed by atoms with Gasteiger partial charge in [-0.1, -0.05) is 23.7 Å². The van der Waals surface area contributed by atoms with E-state index in [0.29, 0.717) is 18.0 Å². The van der Waals surface area contributed by atoms with E-state index in [1.54, 1.807) is 17.0 Å². The van der Waals surface area contributed by atoms with Crippen molar-refractivity contribution < 1.29 is 9.90 Å². The van der Waals surface area contributed by atoms with Crippen LogP contribution in [-0.2, 0) is 11.2 Å². The van der Waals surface area contributed by atoms with Crippen molar-refractivity contribution in [1.29, 1.82) is 0 Å². The first-order valence-electron chi connectivity index (χ1n) is 5.85. The van der Waals surface area contributed by atoms with Gasteiger partial charge in [-0.2, -0.15) is 0 Å². The van der Waals surface area contributed by atoms with Crippen LogP contribution in [0.1, 0.15) is 18.4 Å². The molecule has 1 atom stereocenters. The highest BCUT2D eigenvalue weighted by atomic mass is 35.5. The third-order valence-corrected chi connectivity index (χ3v) is 3.23. The van der Waals surface area contributed by atoms with Crippen LogP contribution in [0.5, 0.6) is 0 Å². The average Bonchev–Trinajstić information content (AvgIpc) is 2.29. The van der Waals surface area contributed by atoms with E-state index in [1.807, 2.05) is 12.1 Å². The second kappa shape index (κ2) is 5.52. The summed E-state index contributed by atoms with van der Waals surface area (Å²) >= 11 is 5.87. The first-order valence-corrected chi connectivity index (χ1v) is 6.23. The van der Waals surface area contributed by atoms with Crippen molar-refractivity contribution in [1.82, 2.24) is 4.90 Å². The molecule has 0 bridgehead atoms. The summed E-state index contributed by atoms with van der Waals surface area (Å²) in [5, 5.41) is 10.2. The Hall–Kier alpha value is -1.06. The number of carbonyl (C=O) groups excluding carboxylic acids is 1. The van der Waals surface area contributed by atoms with Gasteiger partial charge in [-0.15, -0.1) is 0 Å². The smallest absolute Gasteiger partial charge is 0.227 e. The zero-order chi connectivity index (χ0) is 12.3. The van der Waals surface area contributed by atoms with Crippen molar-refractivity contribution in [2.45, 2.75) is 25.4 Å². The molecule has 2 rings (SSSR count). The highest BCUT2D eigenvalue weighted by Gasteiger charge is 2.21. The van der Waals surface area contributed by atoms with Gasteiger partial charge in [-0.25, -0.2) is 0 Å². The number of likely N-dealkylation sites (tertiary alicyclic amines) is 1. The molecule has 1 aliphatic heterocycles. The number of β-amino-alcohol motifs (C(OH)–C–C–N with tert-alkyl or cyclic N) is 1. The highest BCUT2D eigenvalue weighted by Crippen LogP contribution is 2.14. The zero-order valence-electron chi connectivity index (χ0n) is 9.60. The average molecular weight is 254 g/mol. The van der Waals surface area contributed by atoms with Gasteiger partial charge in [0.2, 0.25) is 5.91 Å². The standard InChI is InChI=1S/C13H16ClNO2/c14-11-4-1-3-10(7-11)8-13(17)15-6-2-5-12(16)9-15/h1,3-4,7,12,16H,2,5-6,8-9H2. The lowest BCUT2D eigenvalue weighted by atomic mass is 10.1. The van der Waals surface area contributed by atoms with Crippen molar-refractivity contribution in [3.8, 4) is 0 Å². The Morgan fingerprint density at radius 2 is 2.35 bits per heavy atom. The van der Waals surface area contributed by atoms with Gasteiger partial charge < -0.3 is 10.0 Å². The third-order valence-electron chi connectivity index (χ3n) is 2.99. The normalized spacial score (nSPS) is 20.4. The van der Waals surface area contributed by atoms with Gasteiger partial charge in [-0.05, 0) is 30.5 Å². The molecule has 1 heterocycles. The lowest BCUT2D eigenvalue weighted by molar-refractivity contribution is -0.133. The molecule has 92 valence electrons. The lowest BCUT2D eigenvalue weighted by Gasteiger charge is -2.30. The van der Waals surface area contributed by atoms with Crippen LogP contribution in [0.25, 0.3) is 0 Å². The fourth-order valence-corrected chi connectivity index (χ4v) is 2.33. The Morgan fingerprint density at radius 1 is 1.53 bits per heavy atom. The fraction of sp³-hybridized carbons (Fsp3) is 0.462. The van der Waals surface area contributed by atoms with Gasteiger partial charge in [0.25, 0.3) is 0 Å². The van der Waals surface area contributed by atoms with E-state index in [4.69, 9.17) is 11.6 Å². The van der Waals surface area contributed by atoms with Crippen LogP contribution < -0.4 is 0 Å². The van der Waals surface area contributed by atoms with E-state index < -0.39 is 0 Å². The maximum absolute atomic E-state index is 12.0. The number of nitrogens with zero attached hydrogens (tertiary/aromatic N) is 1. The Kier molecular flexibility index (Phi) is 4.02. The number of hydrogen-bond acceptors (Lipinski definition) is 2. The molecule has 4 heteroatoms. The summed E-state index contributed by atoms with van der Waals surface area (Å²) in [6.45, 7) is 1.20. The molecule has 0 aliphatic carbocycles. The molecule has 3 nitrogen and oxygen atoms in total. The summed E-state index contributed by atoms with van der Waals surface area (Å²) in [7, 11) is 0. The number of hydrogen-bond donors (Lipinski definition) is 1. The monoisotopic (exact) mass is 253 g/mol. The summed E-state index contributed by atoms with van der Waals surface area (Å²) < 4.78 is 0. The number of aliphatic hydroxyl groups is 1. The summed E-state index contributed by atoms with van der Waals surface area (Å²) in [5.41, 5.74) is 0.919. The number of benzene rings is 1. The largest absolute Gasteiger partial charge is 0.391 e. The Bertz CT molecular complexity index is 408. The Labute approximate surface area is 106 Å². The maximum atomic E-state index is 12.0. The Balaban J connectivity index is 1.96. The molecule has 1 aliphatic rings. The van der Waals surface area contributed by atoms with Crippen LogP contribution in [0.4, 0.5) is 0 Å². The van der Waals surface area contributed by atoms with E-state index in [1.165, 1.54) is 0 Å². The minimum absolute atomic E-state index is 0.0611. The first kappa shape index (κ1) is 12.4. The molecule has 0 aromatic heterocycles. The molecule has 0 spiro atoms. The first-order chi connectivity index (χ1) is 8.15. The van der Waals surface area contributed by atoms with Gasteiger partial charge in [0, 0.05) is 18.1 Å². The quantitative estimate of drug-likeness (QED) is 0.874. The topological polar surface area (TPSA) is 40.5 Å². The highest BCUT2D eigenvalue weighted by molar-refractivity contribution is 6.30. The fourth-order valence-electron chi connectivity index (χ4n) is 2.11. The zero-order valence-corrected chi connectivity index (χ0v) is 10.4. The van der Waals surface area contributed by atoms with Crippen molar-refractivity contribution >= 4 is 17.5 Å². The molecule has 1 aromatic carbocycles. The molecular weight excluding hydrogens is 238 g/mol. The summed E-state index contributed by atoms with van der Waals surface area (Å²) in [6.07, 6.45) is 1.66. The minimum atomic E-state index is -0.368. The molecule has 1 aromatic rings. The number of piperidine rings is 1. The molecule has 1 amide bonds. The van der Waals surface area contributed by atoms with Crippen molar-refractivity contribution in [3.05, 3.63) is 34.9 Å². The second-order valence-corrected chi connectivity index (χ2v) is 4.88. The predicted molar refractivity (Wildman–Crippen MR) is 67.0 cm³/mol. The van der Waals surface area contributed by atoms with Crippen LogP contribution in [0.2, 0.25) is 5.02 Å². The van der Waals surface area contributed by atoms with Crippen molar-refractivity contribution in [2.24, 2.45) is 0 Å². The van der Waals surface area contributed by atoms with E-state index >= 15 is 0 Å². The lowest BCUT2D eigenvalue weighted by Crippen LogP contribution is -2.42. The molecular formula is C13H16ClNO2. The number of halogens is 1. The third kappa shape index (κ3) is 3.45. The van der Waals surface area contributed by atoms with E-state index in [0.717, 1.165) is 24.9 Å². The molecule has 1 N–H and O–H groups in total. The maximum Gasteiger partial charge on any atom is 0.227 e. The van der Waals surface area contributed by atoms with Gasteiger partial charge in [0.15, 0.2) is 0 Å². The number of amides is 1. The van der Waals surface area contributed by atoms with Gasteiger partial charge in [-0.3, -0.25) is 4.79 Å². The molecule has 0 radical (unpaired) electrons. The van der Waals surface area contributed by atoms with Gasteiger partial charge in [0.05, 0.1) is 12.5 Å². The number of rotatable bonds is 2. The molecule has 1 saturated heterocycles. The summed E-state index contributed by atoms with van der Waals surface area (Å²) in [4.78, 5) is 13.7. The van der Waals surface area contributed by atoms with Crippen LogP contribution >= 0.6 is 11.6 Å². The van der Waals surface area contributed by atoms with Gasteiger partial charge >= 0.3 is 0 Å². The van der Waals surface area contributed by atoms with Crippen LogP contribution in [-0.4, -0.2) is 35.1 Å².